The van der Waals surface area contributed by atoms with Crippen molar-refractivity contribution < 1.29 is 13.9 Å². The number of likely N-dealkylation sites (N-methyl/N-ethyl adjacent to an activating group) is 1. The lowest BCUT2D eigenvalue weighted by Gasteiger charge is -2.17. The Bertz CT molecular complexity index is 748. The third-order valence-electron chi connectivity index (χ3n) is 3.66. The normalized spacial score (nSPS) is 11.1. The van der Waals surface area contributed by atoms with Crippen LogP contribution in [0.2, 0.25) is 0 Å². The van der Waals surface area contributed by atoms with Crippen LogP contribution in [0.5, 0.6) is 0 Å². The van der Waals surface area contributed by atoms with E-state index < -0.39 is 0 Å². The van der Waals surface area contributed by atoms with Crippen molar-refractivity contribution in [2.24, 2.45) is 0 Å². The van der Waals surface area contributed by atoms with Gasteiger partial charge < -0.3 is 9.15 Å². The van der Waals surface area contributed by atoms with Gasteiger partial charge in [-0.05, 0) is 44.5 Å². The van der Waals surface area contributed by atoms with Crippen LogP contribution in [0.25, 0.3) is 11.0 Å². The molecular formula is C17H21NO4. The smallest absolute Gasteiger partial charge is 0.336 e. The zero-order valence-corrected chi connectivity index (χ0v) is 13.4. The molecule has 22 heavy (non-hydrogen) atoms. The maximum absolute atomic E-state index is 11.8. The van der Waals surface area contributed by atoms with Gasteiger partial charge in [-0.15, -0.1) is 0 Å². The van der Waals surface area contributed by atoms with Gasteiger partial charge >= 0.3 is 11.6 Å². The molecule has 1 heterocycles. The number of carbonyl (C=O) groups excluding carboxylic acids is 1. The molecular weight excluding hydrogens is 282 g/mol. The highest BCUT2D eigenvalue weighted by Crippen LogP contribution is 2.23. The van der Waals surface area contributed by atoms with E-state index in [0.29, 0.717) is 18.7 Å². The first-order valence-electron chi connectivity index (χ1n) is 7.29. The van der Waals surface area contributed by atoms with Gasteiger partial charge in [0.05, 0.1) is 13.2 Å². The van der Waals surface area contributed by atoms with E-state index >= 15 is 0 Å². The molecule has 0 saturated carbocycles. The van der Waals surface area contributed by atoms with Crippen molar-refractivity contribution in [2.75, 3.05) is 20.2 Å². The molecule has 0 bridgehead atoms. The minimum Gasteiger partial charge on any atom is -0.465 e. The predicted octanol–water partition coefficient (Wildman–Crippen LogP) is 2.40. The number of fused-ring (bicyclic) bond motifs is 1. The minimum absolute atomic E-state index is 0.181. The zero-order chi connectivity index (χ0) is 16.3. The van der Waals surface area contributed by atoms with Crippen LogP contribution in [0.3, 0.4) is 0 Å². The van der Waals surface area contributed by atoms with Gasteiger partial charge in [-0.1, -0.05) is 12.1 Å². The Morgan fingerprint density at radius 1 is 1.32 bits per heavy atom. The molecule has 0 N–H and O–H groups in total. The van der Waals surface area contributed by atoms with E-state index in [4.69, 9.17) is 9.15 Å². The molecule has 0 fully saturated rings. The lowest BCUT2D eigenvalue weighted by atomic mass is 10.0. The highest BCUT2D eigenvalue weighted by Gasteiger charge is 2.13. The average molecular weight is 303 g/mol. The molecule has 0 atom stereocenters. The second-order valence-electron chi connectivity index (χ2n) is 5.45. The fourth-order valence-electron chi connectivity index (χ4n) is 2.43. The van der Waals surface area contributed by atoms with Crippen LogP contribution in [0.1, 0.15) is 23.6 Å². The number of rotatable bonds is 5. The summed E-state index contributed by atoms with van der Waals surface area (Å²) in [5.41, 5.74) is 3.13. The van der Waals surface area contributed by atoms with Gasteiger partial charge in [0.25, 0.3) is 0 Å². The monoisotopic (exact) mass is 303 g/mol. The van der Waals surface area contributed by atoms with E-state index in [-0.39, 0.29) is 18.1 Å². The Morgan fingerprint density at radius 3 is 2.73 bits per heavy atom. The van der Waals surface area contributed by atoms with Crippen molar-refractivity contribution in [2.45, 2.75) is 27.3 Å². The second kappa shape index (κ2) is 6.75. The summed E-state index contributed by atoms with van der Waals surface area (Å²) in [6.07, 6.45) is 0. The Balaban J connectivity index is 2.33. The quantitative estimate of drug-likeness (QED) is 0.627. The number of esters is 1. The van der Waals surface area contributed by atoms with E-state index in [0.717, 1.165) is 22.1 Å². The molecule has 0 aliphatic carbocycles. The van der Waals surface area contributed by atoms with Gasteiger partial charge in [-0.25, -0.2) is 4.79 Å². The third kappa shape index (κ3) is 3.54. The van der Waals surface area contributed by atoms with Crippen LogP contribution in [0.15, 0.2) is 27.4 Å². The highest BCUT2D eigenvalue weighted by molar-refractivity contribution is 5.84. The summed E-state index contributed by atoms with van der Waals surface area (Å²) in [6, 6.07) is 5.44. The summed E-state index contributed by atoms with van der Waals surface area (Å²) in [5.74, 6) is -0.274. The first-order chi connectivity index (χ1) is 10.4. The second-order valence-corrected chi connectivity index (χ2v) is 5.45. The van der Waals surface area contributed by atoms with Crippen molar-refractivity contribution in [3.8, 4) is 0 Å². The molecule has 0 saturated heterocycles. The highest BCUT2D eigenvalue weighted by atomic mass is 16.5. The Labute approximate surface area is 129 Å². The van der Waals surface area contributed by atoms with Crippen LogP contribution in [0.4, 0.5) is 0 Å². The summed E-state index contributed by atoms with van der Waals surface area (Å²) < 4.78 is 10.3. The zero-order valence-electron chi connectivity index (χ0n) is 13.4. The number of carbonyl (C=O) groups is 1. The third-order valence-corrected chi connectivity index (χ3v) is 3.66. The molecule has 1 aromatic heterocycles. The molecule has 2 aromatic rings. The van der Waals surface area contributed by atoms with Gasteiger partial charge in [0.15, 0.2) is 0 Å². The molecule has 0 radical (unpaired) electrons. The standard InChI is InChI=1S/C17H21NO4/c1-5-21-16(20)10-18(4)9-13-8-15(19)22-17-12(3)11(2)6-7-14(13)17/h6-8H,5,9-10H2,1-4H3. The fourth-order valence-corrected chi connectivity index (χ4v) is 2.43. The molecule has 0 aliphatic heterocycles. The van der Waals surface area contributed by atoms with Gasteiger partial charge in [0, 0.05) is 18.0 Å². The van der Waals surface area contributed by atoms with Crippen LogP contribution in [-0.2, 0) is 16.1 Å². The van der Waals surface area contributed by atoms with Gasteiger partial charge in [-0.2, -0.15) is 0 Å². The average Bonchev–Trinajstić information content (AvgIpc) is 2.43. The van der Waals surface area contributed by atoms with Crippen molar-refractivity contribution in [1.29, 1.82) is 0 Å². The van der Waals surface area contributed by atoms with Gasteiger partial charge in [-0.3, -0.25) is 9.69 Å². The van der Waals surface area contributed by atoms with Gasteiger partial charge in [0.1, 0.15) is 5.58 Å². The Hall–Kier alpha value is -2.14. The molecule has 118 valence electrons. The molecule has 1 aromatic carbocycles. The lowest BCUT2D eigenvalue weighted by molar-refractivity contribution is -0.144. The topological polar surface area (TPSA) is 59.8 Å². The van der Waals surface area contributed by atoms with Gasteiger partial charge in [0.2, 0.25) is 0 Å². The van der Waals surface area contributed by atoms with Crippen LogP contribution >= 0.6 is 0 Å². The summed E-state index contributed by atoms with van der Waals surface area (Å²) in [4.78, 5) is 25.1. The predicted molar refractivity (Wildman–Crippen MR) is 84.9 cm³/mol. The molecule has 0 aliphatic rings. The maximum atomic E-state index is 11.8. The maximum Gasteiger partial charge on any atom is 0.336 e. The first-order valence-corrected chi connectivity index (χ1v) is 7.29. The van der Waals surface area contributed by atoms with Crippen molar-refractivity contribution in [3.05, 3.63) is 45.3 Å². The minimum atomic E-state index is -0.374. The van der Waals surface area contributed by atoms with E-state index in [2.05, 4.69) is 0 Å². The molecule has 5 nitrogen and oxygen atoms in total. The number of nitrogens with zero attached hydrogens (tertiary/aromatic N) is 1. The Morgan fingerprint density at radius 2 is 2.05 bits per heavy atom. The van der Waals surface area contributed by atoms with Crippen LogP contribution < -0.4 is 5.63 Å². The Kier molecular flexibility index (Phi) is 4.98. The van der Waals surface area contributed by atoms with E-state index in [1.54, 1.807) is 6.92 Å². The van der Waals surface area contributed by atoms with E-state index in [1.165, 1.54) is 6.07 Å². The molecule has 0 spiro atoms. The largest absolute Gasteiger partial charge is 0.465 e. The first kappa shape index (κ1) is 16.2. The van der Waals surface area contributed by atoms with Crippen molar-refractivity contribution in [3.63, 3.8) is 0 Å². The fraction of sp³-hybridized carbons (Fsp3) is 0.412. The van der Waals surface area contributed by atoms with Crippen molar-refractivity contribution >= 4 is 16.9 Å². The molecule has 0 amide bonds. The summed E-state index contributed by atoms with van der Waals surface area (Å²) in [5, 5.41) is 0.901. The number of aryl methyl sites for hydroxylation is 2. The number of ether oxygens (including phenoxy) is 1. The number of hydrogen-bond donors (Lipinski definition) is 0. The van der Waals surface area contributed by atoms with E-state index in [9.17, 15) is 9.59 Å². The van der Waals surface area contributed by atoms with Crippen LogP contribution in [-0.4, -0.2) is 31.1 Å². The summed E-state index contributed by atoms with van der Waals surface area (Å²) in [6.45, 7) is 6.72. The summed E-state index contributed by atoms with van der Waals surface area (Å²) >= 11 is 0. The number of hydrogen-bond acceptors (Lipinski definition) is 5. The van der Waals surface area contributed by atoms with Crippen molar-refractivity contribution in [1.82, 2.24) is 4.90 Å². The van der Waals surface area contributed by atoms with Crippen LogP contribution in [0, 0.1) is 13.8 Å². The number of benzene rings is 1. The van der Waals surface area contributed by atoms with E-state index in [1.807, 2.05) is 37.9 Å². The lowest BCUT2D eigenvalue weighted by Crippen LogP contribution is -2.27. The molecule has 5 heteroatoms. The SMILES string of the molecule is CCOC(=O)CN(C)Cc1cc(=O)oc2c(C)c(C)ccc12. The molecule has 0 unspecified atom stereocenters. The summed E-state index contributed by atoms with van der Waals surface area (Å²) in [7, 11) is 1.82. The molecule has 2 rings (SSSR count).